The van der Waals surface area contributed by atoms with Crippen LogP contribution >= 0.6 is 0 Å². The highest BCUT2D eigenvalue weighted by Gasteiger charge is 2.30. The van der Waals surface area contributed by atoms with Crippen LogP contribution in [-0.4, -0.2) is 26.8 Å². The fraction of sp³-hybridized carbons (Fsp3) is 0.400. The molecule has 26 heavy (non-hydrogen) atoms. The first-order valence-electron chi connectivity index (χ1n) is 9.10. The molecule has 2 aromatic heterocycles. The maximum absolute atomic E-state index is 13.2. The first-order chi connectivity index (χ1) is 12.6. The predicted octanol–water partition coefficient (Wildman–Crippen LogP) is 4.66. The molecule has 136 valence electrons. The molecule has 3 heterocycles. The molecule has 1 atom stereocenters. The fourth-order valence-electron chi connectivity index (χ4n) is 3.59. The van der Waals surface area contributed by atoms with Gasteiger partial charge in [-0.1, -0.05) is 19.0 Å². The van der Waals surface area contributed by atoms with E-state index < -0.39 is 0 Å². The minimum absolute atomic E-state index is 0.235. The van der Waals surface area contributed by atoms with Crippen LogP contribution in [-0.2, 0) is 6.54 Å². The van der Waals surface area contributed by atoms with Crippen molar-refractivity contribution in [3.63, 3.8) is 0 Å². The third-order valence-corrected chi connectivity index (χ3v) is 5.05. The number of H-pyrrole nitrogens is 1. The van der Waals surface area contributed by atoms with Crippen LogP contribution in [0.3, 0.4) is 0 Å². The number of benzene rings is 1. The van der Waals surface area contributed by atoms with E-state index in [4.69, 9.17) is 4.52 Å². The van der Waals surface area contributed by atoms with E-state index in [1.54, 1.807) is 12.1 Å². The van der Waals surface area contributed by atoms with Crippen molar-refractivity contribution in [2.75, 3.05) is 6.54 Å². The largest absolute Gasteiger partial charge is 0.359 e. The van der Waals surface area contributed by atoms with Crippen LogP contribution in [0.5, 0.6) is 0 Å². The van der Waals surface area contributed by atoms with Gasteiger partial charge in [0.05, 0.1) is 23.6 Å². The summed E-state index contributed by atoms with van der Waals surface area (Å²) in [5, 5.41) is 11.5. The highest BCUT2D eigenvalue weighted by Crippen LogP contribution is 2.35. The Balaban J connectivity index is 1.55. The first-order valence-corrected chi connectivity index (χ1v) is 9.10. The van der Waals surface area contributed by atoms with E-state index in [2.05, 4.69) is 40.2 Å². The molecule has 0 aliphatic carbocycles. The Morgan fingerprint density at radius 2 is 2.12 bits per heavy atom. The molecular weight excluding hydrogens is 331 g/mol. The van der Waals surface area contributed by atoms with Crippen molar-refractivity contribution in [2.24, 2.45) is 0 Å². The number of halogens is 1. The smallest absolute Gasteiger partial charge is 0.154 e. The van der Waals surface area contributed by atoms with E-state index in [1.807, 2.05) is 6.20 Å². The standard InChI is InChI=1S/C20H23FN4O/c1-13(2)17-10-19(26-24-17)18-4-3-9-25(18)12-15-11-22-23-20(15)14-5-7-16(21)8-6-14/h5-8,10-11,13,18H,3-4,9,12H2,1-2H3,(H,22,23)/t18-/m1/s1. The molecule has 5 nitrogen and oxygen atoms in total. The maximum Gasteiger partial charge on any atom is 0.154 e. The zero-order valence-electron chi connectivity index (χ0n) is 15.1. The van der Waals surface area contributed by atoms with Crippen molar-refractivity contribution in [1.29, 1.82) is 0 Å². The van der Waals surface area contributed by atoms with Crippen LogP contribution in [0, 0.1) is 5.82 Å². The van der Waals surface area contributed by atoms with Gasteiger partial charge in [0.25, 0.3) is 0 Å². The van der Waals surface area contributed by atoms with Crippen LogP contribution in [0.15, 0.2) is 41.1 Å². The molecule has 0 saturated carbocycles. The van der Waals surface area contributed by atoms with Crippen LogP contribution in [0.2, 0.25) is 0 Å². The second-order valence-corrected chi connectivity index (χ2v) is 7.21. The maximum atomic E-state index is 13.2. The molecule has 0 unspecified atom stereocenters. The van der Waals surface area contributed by atoms with E-state index in [9.17, 15) is 4.39 Å². The number of likely N-dealkylation sites (tertiary alicyclic amines) is 1. The van der Waals surface area contributed by atoms with Crippen molar-refractivity contribution < 1.29 is 8.91 Å². The van der Waals surface area contributed by atoms with Crippen molar-refractivity contribution in [3.05, 3.63) is 59.4 Å². The van der Waals surface area contributed by atoms with Gasteiger partial charge >= 0.3 is 0 Å². The Hall–Kier alpha value is -2.47. The Bertz CT molecular complexity index is 868. The summed E-state index contributed by atoms with van der Waals surface area (Å²) >= 11 is 0. The van der Waals surface area contributed by atoms with E-state index >= 15 is 0 Å². The third-order valence-electron chi connectivity index (χ3n) is 5.05. The lowest BCUT2D eigenvalue weighted by Crippen LogP contribution is -2.22. The lowest BCUT2D eigenvalue weighted by molar-refractivity contribution is 0.206. The summed E-state index contributed by atoms with van der Waals surface area (Å²) in [7, 11) is 0. The van der Waals surface area contributed by atoms with Crippen molar-refractivity contribution in [1.82, 2.24) is 20.3 Å². The summed E-state index contributed by atoms with van der Waals surface area (Å²) in [5.41, 5.74) is 3.99. The molecule has 0 spiro atoms. The number of hydrogen-bond donors (Lipinski definition) is 1. The minimum atomic E-state index is -0.235. The molecule has 0 amide bonds. The molecule has 1 saturated heterocycles. The Morgan fingerprint density at radius 1 is 1.31 bits per heavy atom. The molecule has 0 radical (unpaired) electrons. The number of nitrogens with one attached hydrogen (secondary N) is 1. The van der Waals surface area contributed by atoms with E-state index in [1.165, 1.54) is 12.1 Å². The molecule has 1 aromatic carbocycles. The van der Waals surface area contributed by atoms with Crippen LogP contribution in [0.4, 0.5) is 4.39 Å². The molecule has 1 aliphatic rings. The van der Waals surface area contributed by atoms with Gasteiger partial charge in [-0.2, -0.15) is 5.10 Å². The van der Waals surface area contributed by atoms with Crippen LogP contribution < -0.4 is 0 Å². The lowest BCUT2D eigenvalue weighted by Gasteiger charge is -2.22. The number of aromatic nitrogens is 3. The summed E-state index contributed by atoms with van der Waals surface area (Å²) < 4.78 is 18.8. The Morgan fingerprint density at radius 3 is 2.85 bits per heavy atom. The second-order valence-electron chi connectivity index (χ2n) is 7.21. The van der Waals surface area contributed by atoms with Crippen LogP contribution in [0.1, 0.15) is 55.7 Å². The molecule has 3 aromatic rings. The quantitative estimate of drug-likeness (QED) is 0.724. The van der Waals surface area contributed by atoms with E-state index in [0.29, 0.717) is 5.92 Å². The summed E-state index contributed by atoms with van der Waals surface area (Å²) in [6.07, 6.45) is 4.05. The highest BCUT2D eigenvalue weighted by atomic mass is 19.1. The average Bonchev–Trinajstić information content (AvgIpc) is 3.35. The summed E-state index contributed by atoms with van der Waals surface area (Å²) in [6, 6.07) is 8.83. The van der Waals surface area contributed by atoms with Gasteiger partial charge in [0.2, 0.25) is 0 Å². The molecule has 4 rings (SSSR count). The number of aromatic amines is 1. The first kappa shape index (κ1) is 17.0. The van der Waals surface area contributed by atoms with Crippen LogP contribution in [0.25, 0.3) is 11.3 Å². The van der Waals surface area contributed by atoms with Gasteiger partial charge in [0.1, 0.15) is 5.82 Å². The normalized spacial score (nSPS) is 18.1. The van der Waals surface area contributed by atoms with Gasteiger partial charge in [0, 0.05) is 23.7 Å². The fourth-order valence-corrected chi connectivity index (χ4v) is 3.59. The van der Waals surface area contributed by atoms with Gasteiger partial charge < -0.3 is 4.52 Å². The lowest BCUT2D eigenvalue weighted by atomic mass is 10.1. The van der Waals surface area contributed by atoms with Crippen molar-refractivity contribution >= 4 is 0 Å². The van der Waals surface area contributed by atoms with Crippen molar-refractivity contribution in [3.8, 4) is 11.3 Å². The topological polar surface area (TPSA) is 58.0 Å². The van der Waals surface area contributed by atoms with E-state index in [0.717, 1.165) is 54.2 Å². The summed E-state index contributed by atoms with van der Waals surface area (Å²) in [5.74, 6) is 1.07. The monoisotopic (exact) mass is 354 g/mol. The number of rotatable bonds is 5. The van der Waals surface area contributed by atoms with E-state index in [-0.39, 0.29) is 11.9 Å². The predicted molar refractivity (Wildman–Crippen MR) is 97.0 cm³/mol. The summed E-state index contributed by atoms with van der Waals surface area (Å²) in [4.78, 5) is 2.41. The molecule has 1 aliphatic heterocycles. The molecule has 0 bridgehead atoms. The van der Waals surface area contributed by atoms with Gasteiger partial charge in [-0.05, 0) is 49.6 Å². The van der Waals surface area contributed by atoms with Gasteiger partial charge in [-0.3, -0.25) is 10.00 Å². The number of hydrogen-bond acceptors (Lipinski definition) is 4. The molecule has 1 fully saturated rings. The second kappa shape index (κ2) is 7.03. The molecule has 6 heteroatoms. The molecule has 1 N–H and O–H groups in total. The zero-order valence-corrected chi connectivity index (χ0v) is 15.1. The average molecular weight is 354 g/mol. The van der Waals surface area contributed by atoms with Gasteiger partial charge in [-0.15, -0.1) is 0 Å². The third kappa shape index (κ3) is 3.29. The Kier molecular flexibility index (Phi) is 4.59. The van der Waals surface area contributed by atoms with Gasteiger partial charge in [-0.25, -0.2) is 4.39 Å². The highest BCUT2D eigenvalue weighted by molar-refractivity contribution is 5.62. The number of nitrogens with zero attached hydrogens (tertiary/aromatic N) is 3. The Labute approximate surface area is 152 Å². The SMILES string of the molecule is CC(C)c1cc([C@H]2CCCN2Cc2cn[nH]c2-c2ccc(F)cc2)on1. The van der Waals surface area contributed by atoms with Gasteiger partial charge in [0.15, 0.2) is 5.76 Å². The van der Waals surface area contributed by atoms with Crippen molar-refractivity contribution in [2.45, 2.75) is 45.2 Å². The zero-order chi connectivity index (χ0) is 18.1. The minimum Gasteiger partial charge on any atom is -0.359 e. The molecular formula is C20H23FN4O. The summed E-state index contributed by atoms with van der Waals surface area (Å²) in [6.45, 7) is 6.02.